The molecule has 0 unspecified atom stereocenters. The van der Waals surface area contributed by atoms with Crippen molar-refractivity contribution in [3.8, 4) is 5.88 Å². The molecule has 0 N–H and O–H groups in total. The molecule has 56 valence electrons. The van der Waals surface area contributed by atoms with E-state index < -0.39 is 13.0 Å². The van der Waals surface area contributed by atoms with Crippen LogP contribution in [-0.2, 0) is 0 Å². The Bertz CT molecular complexity index is 178. The lowest BCUT2D eigenvalue weighted by molar-refractivity contribution is 0.0801. The van der Waals surface area contributed by atoms with E-state index in [1.807, 2.05) is 0 Å². The van der Waals surface area contributed by atoms with E-state index in [4.69, 9.17) is 0 Å². The van der Waals surface area contributed by atoms with Crippen molar-refractivity contribution in [2.75, 3.05) is 6.61 Å². The molecule has 5 heteroatoms. The van der Waals surface area contributed by atoms with Crippen molar-refractivity contribution in [1.29, 1.82) is 0 Å². The van der Waals surface area contributed by atoms with Gasteiger partial charge in [-0.3, -0.25) is 0 Å². The molecule has 0 saturated carbocycles. The largest absolute Gasteiger partial charge is 0.471 e. The maximum absolute atomic E-state index is 11.5. The molecule has 1 rings (SSSR count). The van der Waals surface area contributed by atoms with E-state index in [2.05, 4.69) is 9.11 Å². The number of ether oxygens (including phenoxy) is 1. The van der Waals surface area contributed by atoms with E-state index in [0.29, 0.717) is 0 Å². The second-order valence-corrected chi connectivity index (χ2v) is 2.21. The molecule has 0 atom stereocenters. The maximum Gasteiger partial charge on any atom is 0.272 e. The Morgan fingerprint density at radius 3 is 3.00 bits per heavy atom. The second kappa shape index (κ2) is 3.46. The predicted octanol–water partition coefficient (Wildman–Crippen LogP) is 1.79. The van der Waals surface area contributed by atoms with E-state index in [1.165, 1.54) is 11.5 Å². The zero-order valence-corrected chi connectivity index (χ0v) is 5.78. The van der Waals surface area contributed by atoms with Crippen LogP contribution in [0.2, 0.25) is 0 Å². The maximum atomic E-state index is 11.5. The first-order valence-electron chi connectivity index (χ1n) is 2.60. The first-order chi connectivity index (χ1) is 4.79. The van der Waals surface area contributed by atoms with Crippen LogP contribution in [-0.4, -0.2) is 17.4 Å². The highest BCUT2D eigenvalue weighted by atomic mass is 32.1. The summed E-state index contributed by atoms with van der Waals surface area (Å²) < 4.78 is 31.2. The molecule has 0 aliphatic heterocycles. The summed E-state index contributed by atoms with van der Waals surface area (Å²) in [5, 5.41) is 1.67. The van der Waals surface area contributed by atoms with Gasteiger partial charge in [0.25, 0.3) is 6.43 Å². The Balaban J connectivity index is 2.28. The predicted molar refractivity (Wildman–Crippen MR) is 33.6 cm³/mol. The Morgan fingerprint density at radius 2 is 2.50 bits per heavy atom. The molecule has 0 spiro atoms. The van der Waals surface area contributed by atoms with Crippen LogP contribution < -0.4 is 4.74 Å². The molecular weight excluding hydrogens is 160 g/mol. The number of hydrogen-bond donors (Lipinski definition) is 0. The average Bonchev–Trinajstić information content (AvgIpc) is 2.34. The monoisotopic (exact) mass is 165 g/mol. The lowest BCUT2D eigenvalue weighted by Gasteiger charge is -1.98. The molecule has 0 amide bonds. The van der Waals surface area contributed by atoms with Gasteiger partial charge in [0, 0.05) is 11.4 Å². The van der Waals surface area contributed by atoms with Gasteiger partial charge in [0.15, 0.2) is 6.61 Å². The van der Waals surface area contributed by atoms with Crippen molar-refractivity contribution < 1.29 is 13.5 Å². The first kappa shape index (κ1) is 7.40. The third kappa shape index (κ3) is 2.26. The zero-order valence-electron chi connectivity index (χ0n) is 4.96. The van der Waals surface area contributed by atoms with E-state index in [1.54, 1.807) is 11.4 Å². The fourth-order valence-electron chi connectivity index (χ4n) is 0.424. The summed E-state index contributed by atoms with van der Waals surface area (Å²) in [5.74, 6) is 0.269. The molecular formula is C5H5F2NOS. The molecule has 1 heterocycles. The quantitative estimate of drug-likeness (QED) is 0.681. The van der Waals surface area contributed by atoms with Gasteiger partial charge in [0.1, 0.15) is 0 Å². The molecule has 0 fully saturated rings. The van der Waals surface area contributed by atoms with Gasteiger partial charge in [-0.25, -0.2) is 8.78 Å². The van der Waals surface area contributed by atoms with Gasteiger partial charge >= 0.3 is 0 Å². The molecule has 10 heavy (non-hydrogen) atoms. The van der Waals surface area contributed by atoms with Crippen molar-refractivity contribution in [2.24, 2.45) is 0 Å². The van der Waals surface area contributed by atoms with Crippen LogP contribution >= 0.6 is 11.5 Å². The molecule has 0 saturated heterocycles. The summed E-state index contributed by atoms with van der Waals surface area (Å²) >= 11 is 1.17. The smallest absolute Gasteiger partial charge is 0.272 e. The van der Waals surface area contributed by atoms with E-state index >= 15 is 0 Å². The van der Waals surface area contributed by atoms with Gasteiger partial charge < -0.3 is 4.74 Å². The van der Waals surface area contributed by atoms with Gasteiger partial charge in [-0.2, -0.15) is 4.37 Å². The molecule has 0 radical (unpaired) electrons. The Hall–Kier alpha value is -0.710. The number of alkyl halides is 2. The van der Waals surface area contributed by atoms with Crippen molar-refractivity contribution in [3.05, 3.63) is 11.4 Å². The summed E-state index contributed by atoms with van der Waals surface area (Å²) in [6, 6.07) is 1.55. The lowest BCUT2D eigenvalue weighted by atomic mass is 10.7. The number of aromatic nitrogens is 1. The van der Waals surface area contributed by atoms with Crippen LogP contribution in [0.15, 0.2) is 11.4 Å². The summed E-state index contributed by atoms with van der Waals surface area (Å²) in [7, 11) is 0. The molecule has 1 aromatic heterocycles. The van der Waals surface area contributed by atoms with Crippen LogP contribution in [0.5, 0.6) is 5.88 Å². The summed E-state index contributed by atoms with van der Waals surface area (Å²) in [4.78, 5) is 0. The average molecular weight is 165 g/mol. The van der Waals surface area contributed by atoms with Crippen molar-refractivity contribution in [3.63, 3.8) is 0 Å². The highest BCUT2D eigenvalue weighted by molar-refractivity contribution is 7.03. The zero-order chi connectivity index (χ0) is 7.40. The Kier molecular flexibility index (Phi) is 2.56. The van der Waals surface area contributed by atoms with Gasteiger partial charge in [-0.1, -0.05) is 0 Å². The van der Waals surface area contributed by atoms with Crippen LogP contribution in [0.25, 0.3) is 0 Å². The highest BCUT2D eigenvalue weighted by Gasteiger charge is 2.03. The second-order valence-electron chi connectivity index (χ2n) is 1.54. The fraction of sp³-hybridized carbons (Fsp3) is 0.400. The minimum absolute atomic E-state index is 0.269. The van der Waals surface area contributed by atoms with Gasteiger partial charge in [-0.05, 0) is 11.5 Å². The standard InChI is InChI=1S/C5H5F2NOS/c6-4(7)3-9-5-1-2-10-8-5/h1-2,4H,3H2. The van der Waals surface area contributed by atoms with Gasteiger partial charge in [0.05, 0.1) is 0 Å². The normalized spacial score (nSPS) is 10.3. The lowest BCUT2D eigenvalue weighted by Crippen LogP contribution is -2.06. The Morgan fingerprint density at radius 1 is 1.70 bits per heavy atom. The van der Waals surface area contributed by atoms with Gasteiger partial charge in [0.2, 0.25) is 5.88 Å². The van der Waals surface area contributed by atoms with E-state index in [9.17, 15) is 8.78 Å². The topological polar surface area (TPSA) is 22.1 Å². The third-order valence-electron chi connectivity index (χ3n) is 0.771. The first-order valence-corrected chi connectivity index (χ1v) is 3.44. The fourth-order valence-corrected chi connectivity index (χ4v) is 0.880. The SMILES string of the molecule is FC(F)COc1ccsn1. The number of nitrogens with zero attached hydrogens (tertiary/aromatic N) is 1. The van der Waals surface area contributed by atoms with Crippen LogP contribution in [0.4, 0.5) is 8.78 Å². The third-order valence-corrected chi connectivity index (χ3v) is 1.31. The number of rotatable bonds is 3. The highest BCUT2D eigenvalue weighted by Crippen LogP contribution is 2.09. The van der Waals surface area contributed by atoms with E-state index in [-0.39, 0.29) is 5.88 Å². The van der Waals surface area contributed by atoms with Crippen LogP contribution in [0.1, 0.15) is 0 Å². The number of hydrogen-bond acceptors (Lipinski definition) is 3. The van der Waals surface area contributed by atoms with Gasteiger partial charge in [-0.15, -0.1) is 0 Å². The molecule has 0 aromatic carbocycles. The van der Waals surface area contributed by atoms with Crippen molar-refractivity contribution >= 4 is 11.5 Å². The minimum Gasteiger partial charge on any atom is -0.471 e. The van der Waals surface area contributed by atoms with E-state index in [0.717, 1.165) is 0 Å². The molecule has 1 aromatic rings. The number of halogens is 2. The summed E-state index contributed by atoms with van der Waals surface area (Å²) in [5.41, 5.74) is 0. The van der Waals surface area contributed by atoms with Crippen LogP contribution in [0, 0.1) is 0 Å². The molecule has 0 aliphatic carbocycles. The van der Waals surface area contributed by atoms with Crippen molar-refractivity contribution in [1.82, 2.24) is 4.37 Å². The molecule has 0 aliphatic rings. The summed E-state index contributed by atoms with van der Waals surface area (Å²) in [6.07, 6.45) is -2.43. The molecule has 0 bridgehead atoms. The Labute approximate surface area is 60.6 Å². The van der Waals surface area contributed by atoms with Crippen molar-refractivity contribution in [2.45, 2.75) is 6.43 Å². The summed E-state index contributed by atoms with van der Waals surface area (Å²) in [6.45, 7) is -0.580. The minimum atomic E-state index is -2.43. The van der Waals surface area contributed by atoms with Crippen LogP contribution in [0.3, 0.4) is 0 Å². The molecule has 2 nitrogen and oxygen atoms in total.